The number of halogens is 1. The number of piperazine rings is 2. The summed E-state index contributed by atoms with van der Waals surface area (Å²) < 4.78 is 44.1. The Morgan fingerprint density at radius 3 is 2.62 bits per heavy atom. The maximum Gasteiger partial charge on any atom is 0.254 e. The third kappa shape index (κ3) is 5.35. The highest BCUT2D eigenvalue weighted by atomic mass is 32.2. The molecular weight excluding hydrogens is 541 g/mol. The van der Waals surface area contributed by atoms with Crippen LogP contribution in [0.2, 0.25) is 0 Å². The first kappa shape index (κ1) is 26.8. The second-order valence-corrected chi connectivity index (χ2v) is 13.7. The summed E-state index contributed by atoms with van der Waals surface area (Å²) in [6.45, 7) is 7.98. The number of rotatable bonds is 7. The zero-order valence-corrected chi connectivity index (χ0v) is 23.6. The topological polar surface area (TPSA) is 98.0 Å². The van der Waals surface area contributed by atoms with E-state index in [4.69, 9.17) is 0 Å². The Balaban J connectivity index is 1.07. The molecule has 0 radical (unpaired) electrons. The van der Waals surface area contributed by atoms with Gasteiger partial charge < -0.3 is 14.6 Å². The summed E-state index contributed by atoms with van der Waals surface area (Å²) in [6.07, 6.45) is 5.56. The zero-order valence-electron chi connectivity index (χ0n) is 21.9. The lowest BCUT2D eigenvalue weighted by Gasteiger charge is -2.38. The summed E-state index contributed by atoms with van der Waals surface area (Å²) in [5, 5.41) is 11.0. The lowest BCUT2D eigenvalue weighted by Crippen LogP contribution is -2.53. The molecule has 0 amide bonds. The molecule has 13 heteroatoms. The minimum absolute atomic E-state index is 0.00482. The molecule has 1 aromatic carbocycles. The molecule has 0 aliphatic carbocycles. The number of hydrogen-bond acceptors (Lipinski definition) is 9. The largest absolute Gasteiger partial charge is 0.391 e. The van der Waals surface area contributed by atoms with Crippen LogP contribution in [0, 0.1) is 5.82 Å². The Kier molecular flexibility index (Phi) is 7.46. The summed E-state index contributed by atoms with van der Waals surface area (Å²) >= 11 is 1.22. The van der Waals surface area contributed by atoms with Crippen LogP contribution in [0.1, 0.15) is 30.6 Å². The molecule has 3 saturated heterocycles. The van der Waals surface area contributed by atoms with Gasteiger partial charge in [0.05, 0.1) is 36.4 Å². The highest BCUT2D eigenvalue weighted by Gasteiger charge is 2.38. The third-order valence-corrected chi connectivity index (χ3v) is 11.7. The van der Waals surface area contributed by atoms with Crippen molar-refractivity contribution in [1.82, 2.24) is 28.6 Å². The normalized spacial score (nSPS) is 24.2. The van der Waals surface area contributed by atoms with Crippen molar-refractivity contribution in [2.75, 3.05) is 57.3 Å². The molecule has 39 heavy (non-hydrogen) atoms. The Morgan fingerprint density at radius 2 is 1.85 bits per heavy atom. The van der Waals surface area contributed by atoms with E-state index in [1.807, 2.05) is 6.20 Å². The van der Waals surface area contributed by atoms with Crippen molar-refractivity contribution in [3.05, 3.63) is 60.1 Å². The molecule has 0 saturated carbocycles. The molecule has 3 aliphatic heterocycles. The fraction of sp³-hybridized carbons (Fsp3) is 0.538. The predicted molar refractivity (Wildman–Crippen MR) is 147 cm³/mol. The van der Waals surface area contributed by atoms with Crippen LogP contribution in [0.5, 0.6) is 0 Å². The summed E-state index contributed by atoms with van der Waals surface area (Å²) in [5.41, 5.74) is 2.03. The molecule has 3 aliphatic rings. The van der Waals surface area contributed by atoms with Crippen molar-refractivity contribution >= 4 is 26.5 Å². The molecule has 3 atom stereocenters. The van der Waals surface area contributed by atoms with Gasteiger partial charge in [-0.05, 0) is 31.0 Å². The van der Waals surface area contributed by atoms with E-state index in [9.17, 15) is 17.9 Å². The van der Waals surface area contributed by atoms with Gasteiger partial charge in [0.25, 0.3) is 10.0 Å². The summed E-state index contributed by atoms with van der Waals surface area (Å²) in [4.78, 5) is 15.4. The predicted octanol–water partition coefficient (Wildman–Crippen LogP) is 1.85. The number of aromatic nitrogens is 3. The van der Waals surface area contributed by atoms with Gasteiger partial charge in [0.1, 0.15) is 5.82 Å². The Morgan fingerprint density at radius 1 is 1.08 bits per heavy atom. The van der Waals surface area contributed by atoms with Crippen LogP contribution in [0.15, 0.2) is 47.2 Å². The van der Waals surface area contributed by atoms with Gasteiger partial charge in [-0.3, -0.25) is 9.80 Å². The highest BCUT2D eigenvalue weighted by Crippen LogP contribution is 2.32. The lowest BCUT2D eigenvalue weighted by molar-refractivity contribution is 0.108. The number of aliphatic hydroxyl groups is 1. The van der Waals surface area contributed by atoms with Crippen LogP contribution in [0.25, 0.3) is 0 Å². The Hall–Kier alpha value is -2.42. The quantitative estimate of drug-likeness (QED) is 0.456. The molecule has 3 fully saturated rings. The van der Waals surface area contributed by atoms with Gasteiger partial charge in [0, 0.05) is 65.1 Å². The number of anilines is 1. The minimum Gasteiger partial charge on any atom is -0.391 e. The molecule has 1 N–H and O–H groups in total. The molecular formula is C26H34FN7O3S2. The number of hydrogen-bond donors (Lipinski definition) is 1. The van der Waals surface area contributed by atoms with E-state index in [1.54, 1.807) is 22.8 Å². The van der Waals surface area contributed by atoms with Crippen LogP contribution in [0.4, 0.5) is 9.52 Å². The SMILES string of the molecule is C[C@H](c1ccc(F)cc1)n1cncc1CN1CCN(S(=O)(=O)c2cnc(N3CCN4CCC(O)[C@H]4C3)s2)CC1. The van der Waals surface area contributed by atoms with Crippen molar-refractivity contribution in [2.24, 2.45) is 0 Å². The van der Waals surface area contributed by atoms with Crippen molar-refractivity contribution in [2.45, 2.75) is 42.3 Å². The molecule has 0 spiro atoms. The van der Waals surface area contributed by atoms with Crippen LogP contribution in [0.3, 0.4) is 0 Å². The van der Waals surface area contributed by atoms with Crippen molar-refractivity contribution in [1.29, 1.82) is 0 Å². The van der Waals surface area contributed by atoms with E-state index >= 15 is 0 Å². The number of sulfonamides is 1. The second kappa shape index (κ2) is 10.9. The zero-order chi connectivity index (χ0) is 27.1. The molecule has 5 heterocycles. The van der Waals surface area contributed by atoms with Gasteiger partial charge in [-0.2, -0.15) is 4.31 Å². The van der Waals surface area contributed by atoms with E-state index in [0.29, 0.717) is 44.4 Å². The number of nitrogens with zero attached hydrogens (tertiary/aromatic N) is 7. The lowest BCUT2D eigenvalue weighted by atomic mass is 10.1. The first-order chi connectivity index (χ1) is 18.8. The molecule has 1 unspecified atom stereocenters. The van der Waals surface area contributed by atoms with Gasteiger partial charge in [-0.25, -0.2) is 22.8 Å². The minimum atomic E-state index is -3.63. The van der Waals surface area contributed by atoms with Crippen LogP contribution >= 0.6 is 11.3 Å². The fourth-order valence-electron chi connectivity index (χ4n) is 5.86. The smallest absolute Gasteiger partial charge is 0.254 e. The molecule has 6 rings (SSSR count). The van der Waals surface area contributed by atoms with Crippen LogP contribution < -0.4 is 4.90 Å². The first-order valence-electron chi connectivity index (χ1n) is 13.4. The van der Waals surface area contributed by atoms with Crippen molar-refractivity contribution in [3.8, 4) is 0 Å². The summed E-state index contributed by atoms with van der Waals surface area (Å²) in [7, 11) is -3.63. The average molecular weight is 576 g/mol. The van der Waals surface area contributed by atoms with Gasteiger partial charge in [0.15, 0.2) is 9.34 Å². The fourth-order valence-corrected chi connectivity index (χ4v) is 8.59. The van der Waals surface area contributed by atoms with Gasteiger partial charge >= 0.3 is 0 Å². The van der Waals surface area contributed by atoms with E-state index < -0.39 is 10.0 Å². The third-order valence-electron chi connectivity index (χ3n) is 8.26. The number of imidazole rings is 1. The monoisotopic (exact) mass is 575 g/mol. The second-order valence-electron chi connectivity index (χ2n) is 10.6. The van der Waals surface area contributed by atoms with Crippen LogP contribution in [-0.2, 0) is 16.6 Å². The summed E-state index contributed by atoms with van der Waals surface area (Å²) in [6, 6.07) is 6.60. The summed E-state index contributed by atoms with van der Waals surface area (Å²) in [5.74, 6) is -0.258. The number of fused-ring (bicyclic) bond motifs is 1. The first-order valence-corrected chi connectivity index (χ1v) is 15.7. The van der Waals surface area contributed by atoms with Crippen molar-refractivity contribution < 1.29 is 17.9 Å². The van der Waals surface area contributed by atoms with E-state index in [-0.39, 0.29) is 28.2 Å². The van der Waals surface area contributed by atoms with E-state index in [2.05, 4.69) is 36.2 Å². The molecule has 3 aromatic rings. The Bertz CT molecular complexity index is 1390. The standard InChI is InChI=1S/C26H34FN7O3S2/c1-19(20-2-4-21(27)5-3-20)34-18-28-14-22(34)16-30-8-12-33(13-9-30)39(36,37)25-15-29-26(38-25)32-11-10-31-7-6-24(35)23(31)17-32/h2-5,14-15,18-19,23-24,35H,6-13,16-17H2,1H3/t19-,23-,24?/m1/s1. The van der Waals surface area contributed by atoms with E-state index in [1.165, 1.54) is 29.7 Å². The van der Waals surface area contributed by atoms with Gasteiger partial charge in [-0.15, -0.1) is 0 Å². The molecule has 0 bridgehead atoms. The van der Waals surface area contributed by atoms with Crippen LogP contribution in [-0.4, -0.2) is 107 Å². The maximum atomic E-state index is 13.4. The number of thiazole rings is 1. The number of benzene rings is 1. The number of aliphatic hydroxyl groups excluding tert-OH is 1. The van der Waals surface area contributed by atoms with E-state index in [0.717, 1.165) is 37.3 Å². The molecule has 10 nitrogen and oxygen atoms in total. The van der Waals surface area contributed by atoms with Gasteiger partial charge in [-0.1, -0.05) is 23.5 Å². The van der Waals surface area contributed by atoms with Crippen molar-refractivity contribution in [3.63, 3.8) is 0 Å². The molecule has 210 valence electrons. The maximum absolute atomic E-state index is 13.4. The highest BCUT2D eigenvalue weighted by molar-refractivity contribution is 7.91. The molecule has 2 aromatic heterocycles. The average Bonchev–Trinajstić information content (AvgIpc) is 3.70. The Labute approximate surface area is 232 Å². The van der Waals surface area contributed by atoms with Gasteiger partial charge in [0.2, 0.25) is 0 Å².